The van der Waals surface area contributed by atoms with Crippen LogP contribution in [0.4, 0.5) is 0 Å². The Morgan fingerprint density at radius 2 is 0.904 bits per heavy atom. The highest BCUT2D eigenvalue weighted by Crippen LogP contribution is 2.63. The van der Waals surface area contributed by atoms with Crippen LogP contribution < -0.4 is 9.47 Å². The fraction of sp³-hybridized carbons (Fsp3) is 0.0800. The van der Waals surface area contributed by atoms with Crippen molar-refractivity contribution in [1.29, 1.82) is 0 Å². The highest BCUT2D eigenvalue weighted by atomic mass is 16.7. The molecule has 4 unspecified atom stereocenters. The third-order valence-corrected chi connectivity index (χ3v) is 11.1. The molecule has 0 saturated carbocycles. The van der Waals surface area contributed by atoms with Crippen molar-refractivity contribution in [1.82, 2.24) is 0 Å². The quantitative estimate of drug-likeness (QED) is 0.182. The molecule has 0 N–H and O–H groups in total. The number of benzene rings is 8. The second kappa shape index (κ2) is 12.4. The van der Waals surface area contributed by atoms with Crippen molar-refractivity contribution >= 4 is 27.1 Å². The van der Waals surface area contributed by atoms with E-state index in [1.54, 1.807) is 0 Å². The third kappa shape index (κ3) is 4.86. The molecule has 0 radical (unpaired) electrons. The van der Waals surface area contributed by atoms with Gasteiger partial charge in [0.2, 0.25) is 0 Å². The first-order chi connectivity index (χ1) is 25.8. The van der Waals surface area contributed by atoms with Gasteiger partial charge < -0.3 is 9.47 Å². The van der Waals surface area contributed by atoms with Gasteiger partial charge in [-0.25, -0.2) is 0 Å². The normalized spacial score (nSPS) is 20.1. The molecule has 0 saturated heterocycles. The van der Waals surface area contributed by atoms with Gasteiger partial charge in [0.15, 0.2) is 0 Å². The number of hydrogen-bond acceptors (Lipinski definition) is 2. The number of rotatable bonds is 5. The summed E-state index contributed by atoms with van der Waals surface area (Å²) in [6, 6.07) is 69.3. The van der Waals surface area contributed by atoms with Gasteiger partial charge in [-0.3, -0.25) is 0 Å². The summed E-state index contributed by atoms with van der Waals surface area (Å²) in [6.45, 7) is 0. The van der Waals surface area contributed by atoms with Gasteiger partial charge in [0.05, 0.1) is 5.92 Å². The summed E-state index contributed by atoms with van der Waals surface area (Å²) in [6.07, 6.45) is 2.52. The van der Waals surface area contributed by atoms with Crippen LogP contribution in [0.3, 0.4) is 0 Å². The Labute approximate surface area is 304 Å². The molecule has 0 aliphatic carbocycles. The number of fused-ring (bicyclic) bond motifs is 7. The van der Waals surface area contributed by atoms with Crippen LogP contribution in [-0.2, 0) is 5.79 Å². The molecule has 0 bridgehead atoms. The van der Waals surface area contributed by atoms with E-state index in [9.17, 15) is 0 Å². The maximum Gasteiger partial charge on any atom is 0.282 e. The van der Waals surface area contributed by atoms with Crippen molar-refractivity contribution in [3.8, 4) is 11.5 Å². The Balaban J connectivity index is 1.37. The SMILES string of the molecule is C(=C(c1ccccc1)c1ccccc1)C1c2c(ccc3ccccc23)OC2(c3ccccc3)Oc3ccc4ccccc4c3C(c3ccccc3)C12. The Morgan fingerprint density at radius 3 is 1.48 bits per heavy atom. The lowest BCUT2D eigenvalue weighted by molar-refractivity contribution is -0.192. The van der Waals surface area contributed by atoms with Gasteiger partial charge in [0, 0.05) is 28.5 Å². The van der Waals surface area contributed by atoms with Crippen LogP contribution >= 0.6 is 0 Å². The summed E-state index contributed by atoms with van der Waals surface area (Å²) in [5, 5.41) is 4.78. The second-order valence-corrected chi connectivity index (χ2v) is 13.9. The van der Waals surface area contributed by atoms with Gasteiger partial charge in [-0.15, -0.1) is 0 Å². The third-order valence-electron chi connectivity index (χ3n) is 11.1. The van der Waals surface area contributed by atoms with E-state index in [2.05, 4.69) is 200 Å². The standard InChI is InChI=1S/C50H36O2/c1-5-17-34(18-6-1)42(35-19-7-2-8-20-35)33-43-47-40-27-15-13-21-36(40)29-31-44(47)51-50(39-25-11-4-12-26-39)49(43)46(38-23-9-3-10-24-38)48-41-28-16-14-22-37(41)30-32-45(48)52-50/h1-33,43,46,49H. The molecule has 248 valence electrons. The highest BCUT2D eigenvalue weighted by molar-refractivity contribution is 5.92. The van der Waals surface area contributed by atoms with E-state index in [1.807, 2.05) is 0 Å². The van der Waals surface area contributed by atoms with Gasteiger partial charge in [0.25, 0.3) is 5.79 Å². The van der Waals surface area contributed by atoms with Gasteiger partial charge in [-0.2, -0.15) is 0 Å². The molecule has 2 aliphatic rings. The molecular weight excluding hydrogens is 633 g/mol. The van der Waals surface area contributed by atoms with Crippen LogP contribution in [0.1, 0.15) is 45.2 Å². The Kier molecular flexibility index (Phi) is 7.28. The second-order valence-electron chi connectivity index (χ2n) is 13.9. The average Bonchev–Trinajstić information content (AvgIpc) is 3.22. The molecule has 8 aromatic carbocycles. The maximum absolute atomic E-state index is 7.51. The van der Waals surface area contributed by atoms with Crippen LogP contribution in [-0.4, -0.2) is 0 Å². The van der Waals surface area contributed by atoms with Crippen molar-refractivity contribution in [3.05, 3.63) is 234 Å². The molecule has 2 aliphatic heterocycles. The van der Waals surface area contributed by atoms with Gasteiger partial charge in [-0.05, 0) is 55.9 Å². The van der Waals surface area contributed by atoms with E-state index >= 15 is 0 Å². The van der Waals surface area contributed by atoms with Gasteiger partial charge >= 0.3 is 0 Å². The molecule has 2 heterocycles. The zero-order chi connectivity index (χ0) is 34.5. The van der Waals surface area contributed by atoms with Crippen molar-refractivity contribution in [3.63, 3.8) is 0 Å². The van der Waals surface area contributed by atoms with Crippen LogP contribution in [0.5, 0.6) is 11.5 Å². The number of hydrogen-bond donors (Lipinski definition) is 0. The summed E-state index contributed by atoms with van der Waals surface area (Å²) in [5.74, 6) is 0.117. The first-order valence-electron chi connectivity index (χ1n) is 18.1. The summed E-state index contributed by atoms with van der Waals surface area (Å²) in [4.78, 5) is 0. The summed E-state index contributed by atoms with van der Waals surface area (Å²) >= 11 is 0. The molecule has 52 heavy (non-hydrogen) atoms. The monoisotopic (exact) mass is 668 g/mol. The minimum atomic E-state index is -1.15. The van der Waals surface area contributed by atoms with E-state index in [1.165, 1.54) is 54.9 Å². The molecule has 0 spiro atoms. The zero-order valence-electron chi connectivity index (χ0n) is 28.6. The lowest BCUT2D eigenvalue weighted by Gasteiger charge is -2.54. The fourth-order valence-corrected chi connectivity index (χ4v) is 8.88. The molecule has 0 fully saturated rings. The molecule has 10 rings (SSSR count). The van der Waals surface area contributed by atoms with Gasteiger partial charge in [-0.1, -0.05) is 188 Å². The minimum Gasteiger partial charge on any atom is -0.448 e. The van der Waals surface area contributed by atoms with Crippen molar-refractivity contribution in [2.75, 3.05) is 0 Å². The van der Waals surface area contributed by atoms with E-state index in [4.69, 9.17) is 9.47 Å². The molecular formula is C50H36O2. The van der Waals surface area contributed by atoms with Crippen LogP contribution in [0.2, 0.25) is 0 Å². The Morgan fingerprint density at radius 1 is 0.442 bits per heavy atom. The highest BCUT2D eigenvalue weighted by Gasteiger charge is 2.60. The Hall–Kier alpha value is -6.38. The molecule has 0 amide bonds. The van der Waals surface area contributed by atoms with E-state index in [-0.39, 0.29) is 17.8 Å². The smallest absolute Gasteiger partial charge is 0.282 e. The predicted molar refractivity (Wildman–Crippen MR) is 212 cm³/mol. The molecule has 8 aromatic rings. The van der Waals surface area contributed by atoms with Crippen molar-refractivity contribution in [2.45, 2.75) is 17.6 Å². The summed E-state index contributed by atoms with van der Waals surface area (Å²) in [7, 11) is 0. The van der Waals surface area contributed by atoms with E-state index in [0.29, 0.717) is 0 Å². The summed E-state index contributed by atoms with van der Waals surface area (Å²) in [5.41, 5.74) is 8.15. The fourth-order valence-electron chi connectivity index (χ4n) is 8.88. The van der Waals surface area contributed by atoms with E-state index < -0.39 is 5.79 Å². The predicted octanol–water partition coefficient (Wildman–Crippen LogP) is 12.3. The Bertz CT molecular complexity index is 2540. The first-order valence-corrected chi connectivity index (χ1v) is 18.1. The zero-order valence-corrected chi connectivity index (χ0v) is 28.6. The minimum absolute atomic E-state index is 0.0857. The first kappa shape index (κ1) is 30.4. The van der Waals surface area contributed by atoms with Crippen LogP contribution in [0, 0.1) is 5.92 Å². The summed E-state index contributed by atoms with van der Waals surface area (Å²) < 4.78 is 15.0. The molecule has 0 aromatic heterocycles. The lowest BCUT2D eigenvalue weighted by atomic mass is 9.62. The number of ether oxygens (including phenoxy) is 2. The van der Waals surface area contributed by atoms with E-state index in [0.717, 1.165) is 17.1 Å². The van der Waals surface area contributed by atoms with Crippen molar-refractivity contribution in [2.24, 2.45) is 5.92 Å². The lowest BCUT2D eigenvalue weighted by Crippen LogP contribution is -2.55. The number of allylic oxidation sites excluding steroid dienone is 1. The maximum atomic E-state index is 7.51. The molecule has 4 atom stereocenters. The van der Waals surface area contributed by atoms with Crippen molar-refractivity contribution < 1.29 is 9.47 Å². The van der Waals surface area contributed by atoms with Gasteiger partial charge in [0.1, 0.15) is 11.5 Å². The largest absolute Gasteiger partial charge is 0.448 e. The molecule has 2 nitrogen and oxygen atoms in total. The van der Waals surface area contributed by atoms with Crippen LogP contribution in [0.25, 0.3) is 27.1 Å². The average molecular weight is 669 g/mol. The topological polar surface area (TPSA) is 18.5 Å². The van der Waals surface area contributed by atoms with Crippen LogP contribution in [0.15, 0.2) is 200 Å². The molecule has 2 heteroatoms.